The molecule has 29 heavy (non-hydrogen) atoms. The number of carbonyl (C=O) groups is 1. The van der Waals surface area contributed by atoms with Crippen LogP contribution in [0.15, 0.2) is 59.9 Å². The molecule has 0 aliphatic carbocycles. The fourth-order valence-electron chi connectivity index (χ4n) is 2.78. The Morgan fingerprint density at radius 2 is 1.93 bits per heavy atom. The third-order valence-electron chi connectivity index (χ3n) is 4.27. The minimum Gasteiger partial charge on any atom is -0.325 e. The lowest BCUT2D eigenvalue weighted by atomic mass is 10.2. The molecule has 0 aliphatic rings. The Bertz CT molecular complexity index is 1160. The second-order valence-electron chi connectivity index (χ2n) is 6.38. The fraction of sp³-hybridized carbons (Fsp3) is 0.150. The molecule has 0 radical (unpaired) electrons. The highest BCUT2D eigenvalue weighted by molar-refractivity contribution is 8.00. The van der Waals surface area contributed by atoms with E-state index in [-0.39, 0.29) is 17.5 Å². The average Bonchev–Trinajstić information content (AvgIpc) is 3.13. The van der Waals surface area contributed by atoms with Crippen LogP contribution in [0.5, 0.6) is 0 Å². The highest BCUT2D eigenvalue weighted by Gasteiger charge is 2.14. The van der Waals surface area contributed by atoms with Gasteiger partial charge in [0.15, 0.2) is 11.2 Å². The first-order valence-corrected chi connectivity index (χ1v) is 9.85. The summed E-state index contributed by atoms with van der Waals surface area (Å²) >= 11 is 1.28. The maximum Gasteiger partial charge on any atom is 0.234 e. The van der Waals surface area contributed by atoms with Crippen LogP contribution < -0.4 is 5.32 Å². The number of thioether (sulfide) groups is 1. The number of amides is 1. The number of benzene rings is 2. The van der Waals surface area contributed by atoms with Crippen LogP contribution in [0.2, 0.25) is 0 Å². The first-order chi connectivity index (χ1) is 14.1. The van der Waals surface area contributed by atoms with Crippen molar-refractivity contribution in [3.05, 3.63) is 71.8 Å². The van der Waals surface area contributed by atoms with Gasteiger partial charge in [-0.2, -0.15) is 0 Å². The smallest absolute Gasteiger partial charge is 0.234 e. The van der Waals surface area contributed by atoms with Crippen LogP contribution in [0.25, 0.3) is 11.2 Å². The number of anilines is 1. The van der Waals surface area contributed by atoms with Crippen molar-refractivity contribution < 1.29 is 9.18 Å². The molecule has 2 aromatic heterocycles. The van der Waals surface area contributed by atoms with Crippen molar-refractivity contribution >= 4 is 34.5 Å². The Morgan fingerprint density at radius 1 is 1.14 bits per heavy atom. The summed E-state index contributed by atoms with van der Waals surface area (Å²) in [4.78, 5) is 20.8. The summed E-state index contributed by atoms with van der Waals surface area (Å²) in [6, 6.07) is 13.8. The molecule has 0 fully saturated rings. The highest BCUT2D eigenvalue weighted by Crippen LogP contribution is 2.23. The van der Waals surface area contributed by atoms with Gasteiger partial charge in [0.1, 0.15) is 17.2 Å². The number of nitrogens with zero attached hydrogens (tertiary/aromatic N) is 5. The van der Waals surface area contributed by atoms with Crippen LogP contribution in [0, 0.1) is 12.7 Å². The Kier molecular flexibility index (Phi) is 5.48. The van der Waals surface area contributed by atoms with Gasteiger partial charge < -0.3 is 5.32 Å². The fourth-order valence-corrected chi connectivity index (χ4v) is 3.51. The van der Waals surface area contributed by atoms with Gasteiger partial charge in [-0.15, -0.1) is 5.10 Å². The number of aryl methyl sites for hydroxylation is 1. The molecule has 1 amide bonds. The van der Waals surface area contributed by atoms with E-state index in [1.165, 1.54) is 30.2 Å². The summed E-state index contributed by atoms with van der Waals surface area (Å²) in [5.41, 5.74) is 3.76. The molecule has 0 aliphatic heterocycles. The molecule has 0 atom stereocenters. The van der Waals surface area contributed by atoms with E-state index in [2.05, 4.69) is 25.6 Å². The minimum absolute atomic E-state index is 0.130. The molecule has 146 valence electrons. The number of hydrogen-bond donors (Lipinski definition) is 1. The Balaban J connectivity index is 1.47. The normalized spacial score (nSPS) is 11.0. The lowest BCUT2D eigenvalue weighted by Gasteiger charge is -2.07. The summed E-state index contributed by atoms with van der Waals surface area (Å²) in [5.74, 6) is -0.234. The van der Waals surface area contributed by atoms with Gasteiger partial charge in [0.05, 0.1) is 12.3 Å². The van der Waals surface area contributed by atoms with E-state index >= 15 is 0 Å². The van der Waals surface area contributed by atoms with Crippen LogP contribution in [0.1, 0.15) is 11.1 Å². The number of fused-ring (bicyclic) bond motifs is 1. The molecule has 0 bridgehead atoms. The third-order valence-corrected chi connectivity index (χ3v) is 5.25. The van der Waals surface area contributed by atoms with Crippen LogP contribution in [-0.4, -0.2) is 36.6 Å². The number of hydrogen-bond acceptors (Lipinski definition) is 6. The van der Waals surface area contributed by atoms with Crippen molar-refractivity contribution in [2.75, 3.05) is 11.1 Å². The van der Waals surface area contributed by atoms with Crippen molar-refractivity contribution in [1.29, 1.82) is 0 Å². The maximum atomic E-state index is 13.1. The van der Waals surface area contributed by atoms with Crippen molar-refractivity contribution in [3.63, 3.8) is 0 Å². The molecule has 7 nitrogen and oxygen atoms in total. The monoisotopic (exact) mass is 408 g/mol. The second-order valence-corrected chi connectivity index (χ2v) is 7.34. The molecule has 2 aromatic carbocycles. The molecule has 4 rings (SSSR count). The van der Waals surface area contributed by atoms with Crippen molar-refractivity contribution in [3.8, 4) is 0 Å². The summed E-state index contributed by atoms with van der Waals surface area (Å²) in [6.45, 7) is 2.35. The van der Waals surface area contributed by atoms with Crippen LogP contribution in [-0.2, 0) is 11.3 Å². The predicted molar refractivity (Wildman–Crippen MR) is 109 cm³/mol. The number of rotatable bonds is 6. The number of halogens is 1. The van der Waals surface area contributed by atoms with E-state index in [1.54, 1.807) is 16.8 Å². The van der Waals surface area contributed by atoms with E-state index < -0.39 is 0 Å². The van der Waals surface area contributed by atoms with Gasteiger partial charge in [-0.3, -0.25) is 4.79 Å². The van der Waals surface area contributed by atoms with E-state index in [1.807, 2.05) is 31.2 Å². The number of aromatic nitrogens is 5. The number of para-hydroxylation sites is 1. The standard InChI is InChI=1S/C20H17FN6OS/c1-13-4-2-3-5-16(13)24-17(28)11-29-20-18-19(22-12-23-20)27(26-25-18)10-14-6-8-15(21)9-7-14/h2-9,12H,10-11H2,1H3,(H,24,28). The Morgan fingerprint density at radius 3 is 2.72 bits per heavy atom. The predicted octanol–water partition coefficient (Wildman–Crippen LogP) is 3.45. The Labute approximate surface area is 170 Å². The van der Waals surface area contributed by atoms with Crippen molar-refractivity contribution in [2.24, 2.45) is 0 Å². The lowest BCUT2D eigenvalue weighted by Crippen LogP contribution is -2.14. The minimum atomic E-state index is -0.290. The first-order valence-electron chi connectivity index (χ1n) is 8.87. The SMILES string of the molecule is Cc1ccccc1NC(=O)CSc1ncnc2c1nnn2Cc1ccc(F)cc1. The Hall–Kier alpha value is -3.33. The first kappa shape index (κ1) is 19.0. The number of carbonyl (C=O) groups excluding carboxylic acids is 1. The van der Waals surface area contributed by atoms with Gasteiger partial charge >= 0.3 is 0 Å². The zero-order valence-corrected chi connectivity index (χ0v) is 16.4. The van der Waals surface area contributed by atoms with E-state index in [0.29, 0.717) is 22.7 Å². The molecule has 0 saturated heterocycles. The topological polar surface area (TPSA) is 85.6 Å². The van der Waals surface area contributed by atoms with Gasteiger partial charge in [0.25, 0.3) is 0 Å². The molecule has 0 saturated carbocycles. The summed E-state index contributed by atoms with van der Waals surface area (Å²) in [7, 11) is 0. The van der Waals surface area contributed by atoms with Gasteiger partial charge in [0, 0.05) is 5.69 Å². The van der Waals surface area contributed by atoms with E-state index in [0.717, 1.165) is 16.8 Å². The zero-order valence-electron chi connectivity index (χ0n) is 15.5. The molecule has 9 heteroatoms. The molecule has 2 heterocycles. The summed E-state index contributed by atoms with van der Waals surface area (Å²) in [5, 5.41) is 11.8. The molecule has 1 N–H and O–H groups in total. The van der Waals surface area contributed by atoms with Gasteiger partial charge in [0.2, 0.25) is 5.91 Å². The molecule has 0 unspecified atom stereocenters. The lowest BCUT2D eigenvalue weighted by molar-refractivity contribution is -0.113. The summed E-state index contributed by atoms with van der Waals surface area (Å²) in [6.07, 6.45) is 1.43. The van der Waals surface area contributed by atoms with E-state index in [4.69, 9.17) is 0 Å². The largest absolute Gasteiger partial charge is 0.325 e. The highest BCUT2D eigenvalue weighted by atomic mass is 32.2. The average molecular weight is 408 g/mol. The molecular formula is C20H17FN6OS. The van der Waals surface area contributed by atoms with Crippen LogP contribution in [0.4, 0.5) is 10.1 Å². The molecule has 4 aromatic rings. The zero-order chi connectivity index (χ0) is 20.2. The molecule has 0 spiro atoms. The summed E-state index contributed by atoms with van der Waals surface area (Å²) < 4.78 is 14.7. The maximum absolute atomic E-state index is 13.1. The van der Waals surface area contributed by atoms with Crippen molar-refractivity contribution in [2.45, 2.75) is 18.5 Å². The quantitative estimate of drug-likeness (QED) is 0.389. The molecular weight excluding hydrogens is 391 g/mol. The second kappa shape index (κ2) is 8.36. The van der Waals surface area contributed by atoms with Gasteiger partial charge in [-0.25, -0.2) is 19.0 Å². The number of nitrogens with one attached hydrogen (secondary N) is 1. The van der Waals surface area contributed by atoms with E-state index in [9.17, 15) is 9.18 Å². The van der Waals surface area contributed by atoms with Crippen LogP contribution >= 0.6 is 11.8 Å². The van der Waals surface area contributed by atoms with Crippen LogP contribution in [0.3, 0.4) is 0 Å². The third kappa shape index (κ3) is 4.40. The van der Waals surface area contributed by atoms with Gasteiger partial charge in [-0.1, -0.05) is 47.3 Å². The van der Waals surface area contributed by atoms with Gasteiger partial charge in [-0.05, 0) is 36.2 Å². The van der Waals surface area contributed by atoms with Crippen molar-refractivity contribution in [1.82, 2.24) is 25.0 Å².